The molecule has 118 valence electrons. The van der Waals surface area contributed by atoms with Crippen LogP contribution in [0.4, 0.5) is 13.2 Å². The summed E-state index contributed by atoms with van der Waals surface area (Å²) in [5.41, 5.74) is -2.26. The van der Waals surface area contributed by atoms with Gasteiger partial charge in [-0.3, -0.25) is 4.98 Å². The summed E-state index contributed by atoms with van der Waals surface area (Å²) in [6.45, 7) is 1.41. The van der Waals surface area contributed by atoms with Gasteiger partial charge in [-0.25, -0.2) is 9.48 Å². The fraction of sp³-hybridized carbons (Fsp3) is 0.250. The van der Waals surface area contributed by atoms with Crippen molar-refractivity contribution in [2.75, 3.05) is 6.61 Å². The fourth-order valence-electron chi connectivity index (χ4n) is 1.76. The molecule has 10 heteroatoms. The van der Waals surface area contributed by atoms with Crippen LogP contribution in [-0.4, -0.2) is 27.3 Å². The molecule has 0 aliphatic rings. The third-order valence-electron chi connectivity index (χ3n) is 2.57. The molecule has 0 saturated heterocycles. The molecule has 2 heterocycles. The van der Waals surface area contributed by atoms with Crippen LogP contribution in [0.2, 0.25) is 10.0 Å². The molecule has 0 fully saturated rings. The highest BCUT2D eigenvalue weighted by Crippen LogP contribution is 2.37. The number of hydrogen-bond acceptors (Lipinski definition) is 4. The summed E-state index contributed by atoms with van der Waals surface area (Å²) in [6.07, 6.45) is -1.87. The number of esters is 1. The highest BCUT2D eigenvalue weighted by molar-refractivity contribution is 6.37. The fourth-order valence-corrected chi connectivity index (χ4v) is 2.28. The van der Waals surface area contributed by atoms with Crippen molar-refractivity contribution in [1.29, 1.82) is 0 Å². The van der Waals surface area contributed by atoms with Crippen molar-refractivity contribution >= 4 is 29.2 Å². The number of alkyl halides is 3. The quantitative estimate of drug-likeness (QED) is 0.788. The van der Waals surface area contributed by atoms with E-state index in [1.165, 1.54) is 6.92 Å². The molecule has 2 aromatic rings. The SMILES string of the molecule is CCOC(=O)c1cnn(-c2c(Cl)cncc2Cl)c1C(F)(F)F. The van der Waals surface area contributed by atoms with Gasteiger partial charge in [0.15, 0.2) is 5.69 Å². The van der Waals surface area contributed by atoms with E-state index >= 15 is 0 Å². The second-order valence-corrected chi connectivity index (χ2v) is 4.80. The Hall–Kier alpha value is -1.80. The largest absolute Gasteiger partial charge is 0.462 e. The molecule has 2 aromatic heterocycles. The summed E-state index contributed by atoms with van der Waals surface area (Å²) in [7, 11) is 0. The molecular weight excluding hydrogens is 346 g/mol. The lowest BCUT2D eigenvalue weighted by Gasteiger charge is -2.14. The number of carbonyl (C=O) groups is 1. The van der Waals surface area contributed by atoms with Gasteiger partial charge < -0.3 is 4.74 Å². The topological polar surface area (TPSA) is 57.0 Å². The summed E-state index contributed by atoms with van der Waals surface area (Å²) in [6, 6.07) is 0. The van der Waals surface area contributed by atoms with Gasteiger partial charge in [-0.2, -0.15) is 18.3 Å². The van der Waals surface area contributed by atoms with Crippen LogP contribution in [0, 0.1) is 0 Å². The van der Waals surface area contributed by atoms with Crippen molar-refractivity contribution in [2.45, 2.75) is 13.1 Å². The van der Waals surface area contributed by atoms with Gasteiger partial charge in [0, 0.05) is 12.4 Å². The number of carbonyl (C=O) groups excluding carboxylic acids is 1. The standard InChI is InChI=1S/C12H8Cl2F3N3O2/c1-2-22-11(21)6-3-19-20(10(6)12(15,16)17)9-7(13)4-18-5-8(9)14/h3-5H,2H2,1H3. The lowest BCUT2D eigenvalue weighted by atomic mass is 10.2. The van der Waals surface area contributed by atoms with Crippen LogP contribution >= 0.6 is 23.2 Å². The van der Waals surface area contributed by atoms with Crippen LogP contribution in [0.5, 0.6) is 0 Å². The maximum atomic E-state index is 13.3. The van der Waals surface area contributed by atoms with Crippen molar-refractivity contribution < 1.29 is 22.7 Å². The van der Waals surface area contributed by atoms with Crippen LogP contribution in [-0.2, 0) is 10.9 Å². The van der Waals surface area contributed by atoms with Crippen LogP contribution in [0.15, 0.2) is 18.6 Å². The van der Waals surface area contributed by atoms with Gasteiger partial charge in [-0.1, -0.05) is 23.2 Å². The summed E-state index contributed by atoms with van der Waals surface area (Å²) < 4.78 is 45.0. The molecule has 0 amide bonds. The van der Waals surface area contributed by atoms with Gasteiger partial charge >= 0.3 is 12.1 Å². The highest BCUT2D eigenvalue weighted by Gasteiger charge is 2.41. The van der Waals surface area contributed by atoms with Gasteiger partial charge in [-0.05, 0) is 6.92 Å². The average molecular weight is 354 g/mol. The van der Waals surface area contributed by atoms with Gasteiger partial charge in [0.25, 0.3) is 0 Å². The minimum Gasteiger partial charge on any atom is -0.462 e. The molecule has 2 rings (SSSR count). The van der Waals surface area contributed by atoms with E-state index in [9.17, 15) is 18.0 Å². The predicted octanol–water partition coefficient (Wildman–Crippen LogP) is 3.77. The lowest BCUT2D eigenvalue weighted by Crippen LogP contribution is -2.19. The summed E-state index contributed by atoms with van der Waals surface area (Å²) in [5.74, 6) is -1.14. The molecule has 0 unspecified atom stereocenters. The number of hydrogen-bond donors (Lipinski definition) is 0. The van der Waals surface area contributed by atoms with Crippen LogP contribution in [0.1, 0.15) is 23.0 Å². The molecule has 0 bridgehead atoms. The molecule has 0 aromatic carbocycles. The third kappa shape index (κ3) is 3.02. The first kappa shape index (κ1) is 16.6. The van der Waals surface area contributed by atoms with Gasteiger partial charge in [0.2, 0.25) is 0 Å². The zero-order chi connectivity index (χ0) is 16.5. The van der Waals surface area contributed by atoms with E-state index in [0.717, 1.165) is 18.6 Å². The minimum absolute atomic E-state index is 0.0713. The van der Waals surface area contributed by atoms with E-state index in [0.29, 0.717) is 4.68 Å². The van der Waals surface area contributed by atoms with Crippen molar-refractivity contribution in [3.05, 3.63) is 39.9 Å². The Morgan fingerprint density at radius 3 is 2.36 bits per heavy atom. The molecule has 0 saturated carbocycles. The van der Waals surface area contributed by atoms with Gasteiger partial charge in [0.05, 0.1) is 22.8 Å². The Balaban J connectivity index is 2.71. The Morgan fingerprint density at radius 1 is 1.27 bits per heavy atom. The molecule has 0 radical (unpaired) electrons. The second-order valence-electron chi connectivity index (χ2n) is 3.99. The molecule has 0 aliphatic carbocycles. The average Bonchev–Trinajstić information content (AvgIpc) is 2.83. The van der Waals surface area contributed by atoms with Crippen LogP contribution in [0.3, 0.4) is 0 Å². The number of ether oxygens (including phenoxy) is 1. The smallest absolute Gasteiger partial charge is 0.434 e. The Bertz CT molecular complexity index is 696. The molecule has 0 aliphatic heterocycles. The summed E-state index contributed by atoms with van der Waals surface area (Å²) in [4.78, 5) is 15.3. The van der Waals surface area contributed by atoms with E-state index in [1.807, 2.05) is 0 Å². The molecule has 0 spiro atoms. The van der Waals surface area contributed by atoms with Crippen LogP contribution < -0.4 is 0 Å². The number of rotatable bonds is 3. The Kier molecular flexibility index (Phi) is 4.62. The third-order valence-corrected chi connectivity index (χ3v) is 3.13. The molecule has 22 heavy (non-hydrogen) atoms. The van der Waals surface area contributed by atoms with E-state index in [4.69, 9.17) is 23.2 Å². The second kappa shape index (κ2) is 6.13. The highest BCUT2D eigenvalue weighted by atomic mass is 35.5. The Morgan fingerprint density at radius 2 is 1.86 bits per heavy atom. The van der Waals surface area contributed by atoms with E-state index in [1.54, 1.807) is 0 Å². The molecule has 0 N–H and O–H groups in total. The first-order valence-electron chi connectivity index (χ1n) is 5.89. The molecule has 0 atom stereocenters. The number of halogens is 5. The van der Waals surface area contributed by atoms with Crippen molar-refractivity contribution in [1.82, 2.24) is 14.8 Å². The van der Waals surface area contributed by atoms with E-state index < -0.39 is 23.4 Å². The van der Waals surface area contributed by atoms with Gasteiger partial charge in [0.1, 0.15) is 11.3 Å². The predicted molar refractivity (Wildman–Crippen MR) is 72.3 cm³/mol. The summed E-state index contributed by atoms with van der Waals surface area (Å²) in [5, 5.41) is 3.29. The number of aromatic nitrogens is 3. The maximum Gasteiger partial charge on any atom is 0.434 e. The zero-order valence-electron chi connectivity index (χ0n) is 11.0. The van der Waals surface area contributed by atoms with Crippen LogP contribution in [0.25, 0.3) is 5.69 Å². The van der Waals surface area contributed by atoms with Crippen molar-refractivity contribution in [3.8, 4) is 5.69 Å². The molecule has 5 nitrogen and oxygen atoms in total. The van der Waals surface area contributed by atoms with Crippen molar-refractivity contribution in [3.63, 3.8) is 0 Å². The van der Waals surface area contributed by atoms with Gasteiger partial charge in [-0.15, -0.1) is 0 Å². The number of nitrogens with zero attached hydrogens (tertiary/aromatic N) is 3. The van der Waals surface area contributed by atoms with E-state index in [2.05, 4.69) is 14.8 Å². The zero-order valence-corrected chi connectivity index (χ0v) is 12.5. The summed E-state index contributed by atoms with van der Waals surface area (Å²) >= 11 is 11.7. The Labute approximate surface area is 132 Å². The first-order chi connectivity index (χ1) is 10.3. The van der Waals surface area contributed by atoms with E-state index in [-0.39, 0.29) is 22.3 Å². The normalized spacial score (nSPS) is 11.5. The molecular formula is C12H8Cl2F3N3O2. The number of pyridine rings is 1. The van der Waals surface area contributed by atoms with Crippen molar-refractivity contribution in [2.24, 2.45) is 0 Å². The maximum absolute atomic E-state index is 13.3. The monoisotopic (exact) mass is 353 g/mol. The first-order valence-corrected chi connectivity index (χ1v) is 6.64. The lowest BCUT2D eigenvalue weighted by molar-refractivity contribution is -0.143. The minimum atomic E-state index is -4.87.